The van der Waals surface area contributed by atoms with Crippen LogP contribution in [0.15, 0.2) is 30.3 Å². The maximum Gasteiger partial charge on any atom is 0.145 e. The van der Waals surface area contributed by atoms with Crippen LogP contribution in [0, 0.1) is 16.7 Å². The Balaban J connectivity index is 2.99. The molecule has 0 saturated heterocycles. The summed E-state index contributed by atoms with van der Waals surface area (Å²) in [4.78, 5) is 2.25. The highest BCUT2D eigenvalue weighted by atomic mass is 15.2. The second kappa shape index (κ2) is 7.59. The van der Waals surface area contributed by atoms with Gasteiger partial charge in [-0.15, -0.1) is 0 Å². The van der Waals surface area contributed by atoms with E-state index in [-0.39, 0.29) is 5.41 Å². The van der Waals surface area contributed by atoms with E-state index in [1.165, 1.54) is 0 Å². The second-order valence-electron chi connectivity index (χ2n) is 7.04. The molecule has 0 aromatic heterocycles. The van der Waals surface area contributed by atoms with Gasteiger partial charge in [-0.05, 0) is 31.0 Å². The summed E-state index contributed by atoms with van der Waals surface area (Å²) in [5.41, 5.74) is 0.621. The molecule has 3 heteroatoms. The van der Waals surface area contributed by atoms with Crippen LogP contribution in [0.4, 0.5) is 0 Å². The number of hydrogen-bond donors (Lipinski definition) is 1. The molecule has 0 bridgehead atoms. The molecule has 0 amide bonds. The third-order valence-corrected chi connectivity index (χ3v) is 3.39. The molecule has 0 aliphatic rings. The lowest BCUT2D eigenvalue weighted by molar-refractivity contribution is 0.186. The van der Waals surface area contributed by atoms with Gasteiger partial charge in [0.15, 0.2) is 0 Å². The van der Waals surface area contributed by atoms with Gasteiger partial charge in [0.1, 0.15) is 5.54 Å². The average Bonchev–Trinajstić information content (AvgIpc) is 2.42. The third-order valence-electron chi connectivity index (χ3n) is 3.39. The minimum Gasteiger partial charge on any atom is -0.303 e. The maximum atomic E-state index is 9.86. The van der Waals surface area contributed by atoms with Crippen molar-refractivity contribution >= 4 is 0 Å². The Morgan fingerprint density at radius 3 is 2.24 bits per heavy atom. The zero-order valence-electron chi connectivity index (χ0n) is 14.1. The lowest BCUT2D eigenvalue weighted by Gasteiger charge is -2.35. The lowest BCUT2D eigenvalue weighted by Crippen LogP contribution is -2.50. The molecule has 1 N–H and O–H groups in total. The third kappa shape index (κ3) is 5.49. The van der Waals surface area contributed by atoms with Crippen LogP contribution in [-0.2, 0) is 5.54 Å². The van der Waals surface area contributed by atoms with E-state index in [9.17, 15) is 5.26 Å². The Kier molecular flexibility index (Phi) is 6.39. The van der Waals surface area contributed by atoms with Crippen molar-refractivity contribution < 1.29 is 0 Å². The number of rotatable bonds is 7. The fourth-order valence-corrected chi connectivity index (χ4v) is 2.72. The Bertz CT molecular complexity index is 456. The van der Waals surface area contributed by atoms with Crippen molar-refractivity contribution in [2.24, 2.45) is 5.41 Å². The molecule has 0 saturated carbocycles. The van der Waals surface area contributed by atoms with E-state index < -0.39 is 5.54 Å². The molecule has 21 heavy (non-hydrogen) atoms. The zero-order chi connectivity index (χ0) is 15.9. The smallest absolute Gasteiger partial charge is 0.145 e. The van der Waals surface area contributed by atoms with Crippen LogP contribution in [0.2, 0.25) is 0 Å². The predicted octanol–water partition coefficient (Wildman–Crippen LogP) is 3.38. The van der Waals surface area contributed by atoms with Crippen LogP contribution in [-0.4, -0.2) is 31.6 Å². The fourth-order valence-electron chi connectivity index (χ4n) is 2.72. The molecule has 3 nitrogen and oxygen atoms in total. The van der Waals surface area contributed by atoms with Crippen LogP contribution in [0.1, 0.15) is 39.7 Å². The number of hydrogen-bond acceptors (Lipinski definition) is 3. The Hall–Kier alpha value is -1.37. The van der Waals surface area contributed by atoms with Gasteiger partial charge in [0.2, 0.25) is 0 Å². The first kappa shape index (κ1) is 17.7. The van der Waals surface area contributed by atoms with Gasteiger partial charge in [0.05, 0.1) is 6.07 Å². The van der Waals surface area contributed by atoms with Gasteiger partial charge in [-0.25, -0.2) is 0 Å². The average molecular weight is 287 g/mol. The van der Waals surface area contributed by atoms with Crippen LogP contribution in [0.3, 0.4) is 0 Å². The van der Waals surface area contributed by atoms with Crippen molar-refractivity contribution in [2.45, 2.75) is 39.7 Å². The van der Waals surface area contributed by atoms with Gasteiger partial charge in [0.25, 0.3) is 0 Å². The fraction of sp³-hybridized carbons (Fsp3) is 0.611. The first-order chi connectivity index (χ1) is 9.83. The molecule has 0 heterocycles. The van der Waals surface area contributed by atoms with Gasteiger partial charge in [-0.3, -0.25) is 5.32 Å². The number of nitrogens with one attached hydrogen (secondary N) is 1. The molecule has 0 radical (unpaired) electrons. The molecule has 1 atom stereocenters. The highest BCUT2D eigenvalue weighted by Gasteiger charge is 2.33. The van der Waals surface area contributed by atoms with Gasteiger partial charge >= 0.3 is 0 Å². The lowest BCUT2D eigenvalue weighted by atomic mass is 9.89. The van der Waals surface area contributed by atoms with Gasteiger partial charge in [0, 0.05) is 13.1 Å². The van der Waals surface area contributed by atoms with Crippen molar-refractivity contribution in [1.29, 1.82) is 5.26 Å². The summed E-state index contributed by atoms with van der Waals surface area (Å²) in [5, 5.41) is 13.3. The SMILES string of the molecule is CCCNC(C#N)(CN(C)CC(C)(C)C)c1ccccc1. The first-order valence-electron chi connectivity index (χ1n) is 7.73. The number of benzene rings is 1. The highest BCUT2D eigenvalue weighted by molar-refractivity contribution is 5.32. The van der Waals surface area contributed by atoms with Gasteiger partial charge < -0.3 is 4.90 Å². The number of nitriles is 1. The minimum absolute atomic E-state index is 0.220. The van der Waals surface area contributed by atoms with E-state index in [4.69, 9.17) is 0 Å². The van der Waals surface area contributed by atoms with Crippen molar-refractivity contribution in [3.63, 3.8) is 0 Å². The standard InChI is InChI=1S/C18H29N3/c1-6-12-20-18(13-19,16-10-8-7-9-11-16)15-21(5)14-17(2,3)4/h7-11,20H,6,12,14-15H2,1-5H3. The molecule has 0 aliphatic heterocycles. The van der Waals surface area contributed by atoms with Crippen molar-refractivity contribution in [3.8, 4) is 6.07 Å². The largest absolute Gasteiger partial charge is 0.303 e. The van der Waals surface area contributed by atoms with Gasteiger partial charge in [-0.2, -0.15) is 5.26 Å². The van der Waals surface area contributed by atoms with Crippen molar-refractivity contribution in [2.75, 3.05) is 26.7 Å². The van der Waals surface area contributed by atoms with Crippen molar-refractivity contribution in [1.82, 2.24) is 10.2 Å². The molecule has 1 aromatic rings. The summed E-state index contributed by atoms with van der Waals surface area (Å²) in [6.07, 6.45) is 1.01. The second-order valence-corrected chi connectivity index (χ2v) is 7.04. The molecule has 1 unspecified atom stereocenters. The van der Waals surface area contributed by atoms with E-state index in [0.29, 0.717) is 6.54 Å². The zero-order valence-corrected chi connectivity index (χ0v) is 14.1. The molecule has 0 spiro atoms. The minimum atomic E-state index is -0.642. The van der Waals surface area contributed by atoms with E-state index in [2.05, 4.69) is 51.0 Å². The summed E-state index contributed by atoms with van der Waals surface area (Å²) < 4.78 is 0. The van der Waals surface area contributed by atoms with E-state index in [1.54, 1.807) is 0 Å². The quantitative estimate of drug-likeness (QED) is 0.835. The Morgan fingerprint density at radius 1 is 1.14 bits per heavy atom. The normalized spacial score (nSPS) is 14.7. The Morgan fingerprint density at radius 2 is 1.76 bits per heavy atom. The summed E-state index contributed by atoms with van der Waals surface area (Å²) >= 11 is 0. The molecule has 116 valence electrons. The Labute approximate surface area is 130 Å². The summed E-state index contributed by atoms with van der Waals surface area (Å²) in [5.74, 6) is 0. The van der Waals surface area contributed by atoms with Crippen molar-refractivity contribution in [3.05, 3.63) is 35.9 Å². The number of nitrogens with zero attached hydrogens (tertiary/aromatic N) is 2. The van der Waals surface area contributed by atoms with Crippen LogP contribution in [0.5, 0.6) is 0 Å². The number of likely N-dealkylation sites (N-methyl/N-ethyl adjacent to an activating group) is 1. The van der Waals surface area contributed by atoms with Crippen LogP contribution >= 0.6 is 0 Å². The monoisotopic (exact) mass is 287 g/mol. The van der Waals surface area contributed by atoms with Crippen LogP contribution < -0.4 is 5.32 Å². The highest BCUT2D eigenvalue weighted by Crippen LogP contribution is 2.23. The predicted molar refractivity (Wildman–Crippen MR) is 89.0 cm³/mol. The molecule has 1 aromatic carbocycles. The first-order valence-corrected chi connectivity index (χ1v) is 7.73. The van der Waals surface area contributed by atoms with E-state index in [1.807, 2.05) is 30.3 Å². The molecule has 0 fully saturated rings. The van der Waals surface area contributed by atoms with Crippen LogP contribution in [0.25, 0.3) is 0 Å². The summed E-state index contributed by atoms with van der Waals surface area (Å²) in [7, 11) is 2.09. The summed E-state index contributed by atoms with van der Waals surface area (Å²) in [6, 6.07) is 12.6. The molecular formula is C18H29N3. The maximum absolute atomic E-state index is 9.86. The van der Waals surface area contributed by atoms with E-state index >= 15 is 0 Å². The topological polar surface area (TPSA) is 39.1 Å². The summed E-state index contributed by atoms with van der Waals surface area (Å²) in [6.45, 7) is 11.3. The van der Waals surface area contributed by atoms with E-state index in [0.717, 1.165) is 25.1 Å². The molecule has 1 rings (SSSR count). The van der Waals surface area contributed by atoms with Gasteiger partial charge in [-0.1, -0.05) is 58.0 Å². The molecule has 0 aliphatic carbocycles. The molecular weight excluding hydrogens is 258 g/mol.